The Labute approximate surface area is 106 Å². The monoisotopic (exact) mass is 250 g/mol. The number of aliphatic carboxylic acids is 1. The van der Waals surface area contributed by atoms with E-state index in [0.29, 0.717) is 6.42 Å². The van der Waals surface area contributed by atoms with Crippen LogP contribution in [-0.2, 0) is 9.59 Å². The van der Waals surface area contributed by atoms with E-state index in [9.17, 15) is 9.59 Å². The van der Waals surface area contributed by atoms with E-state index in [1.54, 1.807) is 19.1 Å². The van der Waals surface area contributed by atoms with Crippen molar-refractivity contribution in [2.75, 3.05) is 6.54 Å². The summed E-state index contributed by atoms with van der Waals surface area (Å²) in [4.78, 5) is 22.9. The summed E-state index contributed by atoms with van der Waals surface area (Å²) in [5.74, 6) is -1.90. The lowest BCUT2D eigenvalue weighted by atomic mass is 9.98. The van der Waals surface area contributed by atoms with Crippen molar-refractivity contribution in [2.45, 2.75) is 25.3 Å². The van der Waals surface area contributed by atoms with Gasteiger partial charge in [0, 0.05) is 6.54 Å². The highest BCUT2D eigenvalue weighted by molar-refractivity contribution is 5.88. The van der Waals surface area contributed by atoms with Crippen molar-refractivity contribution in [3.8, 4) is 0 Å². The third-order valence-electron chi connectivity index (χ3n) is 2.78. The molecular weight excluding hydrogens is 232 g/mol. The summed E-state index contributed by atoms with van der Waals surface area (Å²) in [7, 11) is 0. The SMILES string of the molecule is CCC(NC(=O)C(CN)c1ccccc1)C(=O)O. The minimum absolute atomic E-state index is 0.145. The van der Waals surface area contributed by atoms with Crippen LogP contribution in [0, 0.1) is 0 Å². The van der Waals surface area contributed by atoms with E-state index in [0.717, 1.165) is 5.56 Å². The zero-order valence-electron chi connectivity index (χ0n) is 10.3. The Kier molecular flexibility index (Phi) is 5.32. The standard InChI is InChI=1S/C13H18N2O3/c1-2-11(13(17)18)15-12(16)10(8-14)9-6-4-3-5-7-9/h3-7,10-11H,2,8,14H2,1H3,(H,15,16)(H,17,18). The van der Waals surface area contributed by atoms with Crippen molar-refractivity contribution in [1.29, 1.82) is 0 Å². The van der Waals surface area contributed by atoms with Gasteiger partial charge >= 0.3 is 5.97 Å². The zero-order valence-corrected chi connectivity index (χ0v) is 10.3. The van der Waals surface area contributed by atoms with Crippen molar-refractivity contribution in [3.63, 3.8) is 0 Å². The van der Waals surface area contributed by atoms with Gasteiger partial charge in [-0.1, -0.05) is 37.3 Å². The van der Waals surface area contributed by atoms with Crippen LogP contribution in [0.4, 0.5) is 0 Å². The van der Waals surface area contributed by atoms with Crippen molar-refractivity contribution in [2.24, 2.45) is 5.73 Å². The fourth-order valence-corrected chi connectivity index (χ4v) is 1.69. The van der Waals surface area contributed by atoms with E-state index < -0.39 is 17.9 Å². The van der Waals surface area contributed by atoms with Crippen molar-refractivity contribution >= 4 is 11.9 Å². The maximum atomic E-state index is 12.0. The van der Waals surface area contributed by atoms with Crippen molar-refractivity contribution in [3.05, 3.63) is 35.9 Å². The van der Waals surface area contributed by atoms with Gasteiger partial charge in [0.25, 0.3) is 0 Å². The number of nitrogens with two attached hydrogens (primary N) is 1. The number of benzene rings is 1. The van der Waals surface area contributed by atoms with E-state index in [1.165, 1.54) is 0 Å². The molecule has 0 bridgehead atoms. The average molecular weight is 250 g/mol. The largest absolute Gasteiger partial charge is 0.480 e. The number of amides is 1. The van der Waals surface area contributed by atoms with Crippen LogP contribution in [0.2, 0.25) is 0 Å². The Hall–Kier alpha value is -1.88. The third kappa shape index (κ3) is 3.56. The highest BCUT2D eigenvalue weighted by atomic mass is 16.4. The van der Waals surface area contributed by atoms with Crippen LogP contribution < -0.4 is 11.1 Å². The Balaban J connectivity index is 2.78. The first kappa shape index (κ1) is 14.2. The van der Waals surface area contributed by atoms with E-state index in [4.69, 9.17) is 10.8 Å². The molecule has 1 amide bonds. The second-order valence-corrected chi connectivity index (χ2v) is 4.01. The van der Waals surface area contributed by atoms with E-state index in [2.05, 4.69) is 5.32 Å². The number of carbonyl (C=O) groups excluding carboxylic acids is 1. The van der Waals surface area contributed by atoms with Gasteiger partial charge in [0.15, 0.2) is 0 Å². The molecule has 5 nitrogen and oxygen atoms in total. The summed E-state index contributed by atoms with van der Waals surface area (Å²) >= 11 is 0. The van der Waals surface area contributed by atoms with Gasteiger partial charge in [0.05, 0.1) is 5.92 Å². The summed E-state index contributed by atoms with van der Waals surface area (Å²) in [5, 5.41) is 11.4. The summed E-state index contributed by atoms with van der Waals surface area (Å²) < 4.78 is 0. The predicted molar refractivity (Wildman–Crippen MR) is 68.1 cm³/mol. The number of carbonyl (C=O) groups is 2. The molecule has 0 aliphatic rings. The summed E-state index contributed by atoms with van der Waals surface area (Å²) in [6.07, 6.45) is 0.340. The van der Waals surface area contributed by atoms with Crippen LogP contribution in [-0.4, -0.2) is 29.6 Å². The molecule has 1 aromatic carbocycles. The molecule has 0 saturated carbocycles. The minimum atomic E-state index is -1.03. The van der Waals surface area contributed by atoms with E-state index in [-0.39, 0.29) is 12.5 Å². The fourth-order valence-electron chi connectivity index (χ4n) is 1.69. The topological polar surface area (TPSA) is 92.4 Å². The fraction of sp³-hybridized carbons (Fsp3) is 0.385. The minimum Gasteiger partial charge on any atom is -0.480 e. The first-order valence-corrected chi connectivity index (χ1v) is 5.88. The van der Waals surface area contributed by atoms with Crippen LogP contribution in [0.5, 0.6) is 0 Å². The Morgan fingerprint density at radius 3 is 2.39 bits per heavy atom. The number of carboxylic acid groups (broad SMARTS) is 1. The van der Waals surface area contributed by atoms with E-state index in [1.807, 2.05) is 18.2 Å². The number of hydrogen-bond donors (Lipinski definition) is 3. The van der Waals surface area contributed by atoms with Crippen LogP contribution in [0.15, 0.2) is 30.3 Å². The number of carboxylic acids is 1. The van der Waals surface area contributed by atoms with Crippen LogP contribution >= 0.6 is 0 Å². The van der Waals surface area contributed by atoms with Gasteiger partial charge in [0.2, 0.25) is 5.91 Å². The Bertz CT molecular complexity index is 406. The summed E-state index contributed by atoms with van der Waals surface area (Å²) in [5.41, 5.74) is 6.38. The molecule has 18 heavy (non-hydrogen) atoms. The predicted octanol–water partition coefficient (Wildman–Crippen LogP) is 0.708. The van der Waals surface area contributed by atoms with Gasteiger partial charge in [-0.05, 0) is 12.0 Å². The Morgan fingerprint density at radius 2 is 1.94 bits per heavy atom. The van der Waals surface area contributed by atoms with Crippen LogP contribution in [0.3, 0.4) is 0 Å². The maximum Gasteiger partial charge on any atom is 0.326 e. The number of rotatable bonds is 6. The second-order valence-electron chi connectivity index (χ2n) is 4.01. The average Bonchev–Trinajstić information content (AvgIpc) is 2.37. The molecule has 4 N–H and O–H groups in total. The first-order valence-electron chi connectivity index (χ1n) is 5.88. The molecule has 0 radical (unpaired) electrons. The molecule has 0 heterocycles. The molecular formula is C13H18N2O3. The van der Waals surface area contributed by atoms with Crippen LogP contribution in [0.25, 0.3) is 0 Å². The molecule has 98 valence electrons. The molecule has 0 aromatic heterocycles. The van der Waals surface area contributed by atoms with Crippen molar-refractivity contribution < 1.29 is 14.7 Å². The van der Waals surface area contributed by atoms with Gasteiger partial charge in [-0.15, -0.1) is 0 Å². The van der Waals surface area contributed by atoms with Gasteiger partial charge in [-0.25, -0.2) is 4.79 Å². The quantitative estimate of drug-likeness (QED) is 0.693. The molecule has 1 aromatic rings. The molecule has 2 unspecified atom stereocenters. The van der Waals surface area contributed by atoms with Gasteiger partial charge in [-0.3, -0.25) is 4.79 Å². The molecule has 1 rings (SSSR count). The lowest BCUT2D eigenvalue weighted by Crippen LogP contribution is -2.44. The Morgan fingerprint density at radius 1 is 1.33 bits per heavy atom. The zero-order chi connectivity index (χ0) is 13.5. The lowest BCUT2D eigenvalue weighted by Gasteiger charge is -2.18. The number of hydrogen-bond acceptors (Lipinski definition) is 3. The van der Waals surface area contributed by atoms with Crippen LogP contribution in [0.1, 0.15) is 24.8 Å². The first-order chi connectivity index (χ1) is 8.60. The number of nitrogens with one attached hydrogen (secondary N) is 1. The molecule has 0 saturated heterocycles. The van der Waals surface area contributed by atoms with Gasteiger partial charge in [0.1, 0.15) is 6.04 Å². The lowest BCUT2D eigenvalue weighted by molar-refractivity contribution is -0.142. The van der Waals surface area contributed by atoms with Gasteiger partial charge < -0.3 is 16.2 Å². The summed E-state index contributed by atoms with van der Waals surface area (Å²) in [6, 6.07) is 8.23. The molecule has 5 heteroatoms. The maximum absolute atomic E-state index is 12.0. The highest BCUT2D eigenvalue weighted by Gasteiger charge is 2.24. The highest BCUT2D eigenvalue weighted by Crippen LogP contribution is 2.14. The molecule has 0 fully saturated rings. The summed E-state index contributed by atoms with van der Waals surface area (Å²) in [6.45, 7) is 1.85. The van der Waals surface area contributed by atoms with Crippen molar-refractivity contribution in [1.82, 2.24) is 5.32 Å². The normalized spacial score (nSPS) is 13.7. The van der Waals surface area contributed by atoms with E-state index >= 15 is 0 Å². The molecule has 0 spiro atoms. The molecule has 0 aliphatic carbocycles. The third-order valence-corrected chi connectivity index (χ3v) is 2.78. The smallest absolute Gasteiger partial charge is 0.326 e. The molecule has 0 aliphatic heterocycles. The second kappa shape index (κ2) is 6.76. The molecule has 2 atom stereocenters. The van der Waals surface area contributed by atoms with Gasteiger partial charge in [-0.2, -0.15) is 0 Å².